The Morgan fingerprint density at radius 2 is 1.20 bits per heavy atom. The zero-order valence-corrected chi connectivity index (χ0v) is 9.67. The molecule has 4 heteroatoms. The minimum atomic E-state index is 1.17. The van der Waals surface area contributed by atoms with Gasteiger partial charge in [0.05, 0.1) is 0 Å². The van der Waals surface area contributed by atoms with Gasteiger partial charge in [-0.2, -0.15) is 0 Å². The summed E-state index contributed by atoms with van der Waals surface area (Å²) in [4.78, 5) is 5.18. The number of hydrogen-bond acceptors (Lipinski definition) is 4. The molecule has 2 rings (SSSR count). The average molecular weight is 212 g/mol. The van der Waals surface area contributed by atoms with Crippen LogP contribution in [0.2, 0.25) is 0 Å². The molecule has 0 saturated carbocycles. The minimum Gasteiger partial charge on any atom is -0.315 e. The lowest BCUT2D eigenvalue weighted by Gasteiger charge is -2.29. The number of piperazine rings is 1. The smallest absolute Gasteiger partial charge is 0.0110 e. The normalized spacial score (nSPS) is 26.4. The van der Waals surface area contributed by atoms with Gasteiger partial charge >= 0.3 is 0 Å². The Hall–Kier alpha value is -0.160. The van der Waals surface area contributed by atoms with Gasteiger partial charge in [0, 0.05) is 52.4 Å². The topological polar surface area (TPSA) is 30.5 Å². The summed E-state index contributed by atoms with van der Waals surface area (Å²) in [6.07, 6.45) is 1.31. The first-order valence-corrected chi connectivity index (χ1v) is 6.31. The summed E-state index contributed by atoms with van der Waals surface area (Å²) in [6.45, 7) is 12.2. The van der Waals surface area contributed by atoms with Gasteiger partial charge < -0.3 is 15.5 Å². The Kier molecular flexibility index (Phi) is 4.86. The van der Waals surface area contributed by atoms with Crippen molar-refractivity contribution in [3.05, 3.63) is 0 Å². The second-order valence-electron chi connectivity index (χ2n) is 4.54. The van der Waals surface area contributed by atoms with Gasteiger partial charge in [-0.25, -0.2) is 0 Å². The summed E-state index contributed by atoms with van der Waals surface area (Å²) in [7, 11) is 0. The van der Waals surface area contributed by atoms with E-state index in [4.69, 9.17) is 0 Å². The molecular weight excluding hydrogens is 188 g/mol. The van der Waals surface area contributed by atoms with Crippen LogP contribution in [-0.4, -0.2) is 75.2 Å². The Morgan fingerprint density at radius 1 is 0.667 bits per heavy atom. The van der Waals surface area contributed by atoms with Crippen molar-refractivity contribution in [3.63, 3.8) is 0 Å². The molecule has 0 amide bonds. The van der Waals surface area contributed by atoms with E-state index in [-0.39, 0.29) is 0 Å². The lowest BCUT2D eigenvalue weighted by molar-refractivity contribution is 0.194. The first-order valence-electron chi connectivity index (χ1n) is 6.31. The standard InChI is InChI=1S/C11H24N4/c1-2-12-3-7-14(6-1)10-11-15-8-4-13-5-9-15/h12-13H,1-11H2. The Bertz CT molecular complexity index is 160. The molecule has 0 aromatic heterocycles. The number of nitrogens with one attached hydrogen (secondary N) is 2. The predicted molar refractivity (Wildman–Crippen MR) is 63.2 cm³/mol. The third-order valence-corrected chi connectivity index (χ3v) is 3.37. The van der Waals surface area contributed by atoms with Crippen LogP contribution >= 0.6 is 0 Å². The van der Waals surface area contributed by atoms with E-state index in [0.717, 1.165) is 0 Å². The van der Waals surface area contributed by atoms with Crippen molar-refractivity contribution in [2.24, 2.45) is 0 Å². The highest BCUT2D eigenvalue weighted by molar-refractivity contribution is 4.71. The summed E-state index contributed by atoms with van der Waals surface area (Å²) in [5.41, 5.74) is 0. The average Bonchev–Trinajstić information content (AvgIpc) is 2.56. The van der Waals surface area contributed by atoms with Crippen molar-refractivity contribution in [3.8, 4) is 0 Å². The maximum absolute atomic E-state index is 3.45. The van der Waals surface area contributed by atoms with Gasteiger partial charge in [-0.1, -0.05) is 0 Å². The van der Waals surface area contributed by atoms with Gasteiger partial charge in [0.15, 0.2) is 0 Å². The molecule has 2 N–H and O–H groups in total. The van der Waals surface area contributed by atoms with Crippen molar-refractivity contribution < 1.29 is 0 Å². The van der Waals surface area contributed by atoms with Crippen LogP contribution in [0, 0.1) is 0 Å². The van der Waals surface area contributed by atoms with E-state index < -0.39 is 0 Å². The first kappa shape index (κ1) is 11.3. The summed E-state index contributed by atoms with van der Waals surface area (Å²) in [5, 5.41) is 6.85. The van der Waals surface area contributed by atoms with Crippen molar-refractivity contribution >= 4 is 0 Å². The molecule has 15 heavy (non-hydrogen) atoms. The second-order valence-corrected chi connectivity index (χ2v) is 4.54. The van der Waals surface area contributed by atoms with Crippen LogP contribution in [0.15, 0.2) is 0 Å². The number of rotatable bonds is 3. The van der Waals surface area contributed by atoms with Gasteiger partial charge in [-0.3, -0.25) is 4.90 Å². The summed E-state index contributed by atoms with van der Waals surface area (Å²) in [5.74, 6) is 0. The molecule has 2 aliphatic rings. The second kappa shape index (κ2) is 6.43. The molecule has 0 bridgehead atoms. The third-order valence-electron chi connectivity index (χ3n) is 3.37. The molecule has 2 heterocycles. The lowest BCUT2D eigenvalue weighted by atomic mass is 10.3. The van der Waals surface area contributed by atoms with Crippen LogP contribution in [0.5, 0.6) is 0 Å². The number of nitrogens with zero attached hydrogens (tertiary/aromatic N) is 2. The SMILES string of the molecule is C1CNCCN(CCN2CCNCC2)C1. The van der Waals surface area contributed by atoms with E-state index >= 15 is 0 Å². The van der Waals surface area contributed by atoms with Crippen molar-refractivity contribution in [2.45, 2.75) is 6.42 Å². The van der Waals surface area contributed by atoms with Crippen LogP contribution in [0.25, 0.3) is 0 Å². The molecule has 2 saturated heterocycles. The van der Waals surface area contributed by atoms with E-state index in [9.17, 15) is 0 Å². The zero-order valence-electron chi connectivity index (χ0n) is 9.67. The highest BCUT2D eigenvalue weighted by Gasteiger charge is 2.12. The van der Waals surface area contributed by atoms with E-state index in [2.05, 4.69) is 20.4 Å². The lowest BCUT2D eigenvalue weighted by Crippen LogP contribution is -2.46. The van der Waals surface area contributed by atoms with Gasteiger partial charge in [0.2, 0.25) is 0 Å². The monoisotopic (exact) mass is 212 g/mol. The van der Waals surface area contributed by atoms with E-state index in [1.165, 1.54) is 71.9 Å². The van der Waals surface area contributed by atoms with E-state index in [0.29, 0.717) is 0 Å². The van der Waals surface area contributed by atoms with Crippen molar-refractivity contribution in [1.29, 1.82) is 0 Å². The molecular formula is C11H24N4. The Labute approximate surface area is 93.0 Å². The largest absolute Gasteiger partial charge is 0.315 e. The molecule has 2 fully saturated rings. The minimum absolute atomic E-state index is 1.17. The van der Waals surface area contributed by atoms with Crippen LogP contribution < -0.4 is 10.6 Å². The molecule has 0 aromatic carbocycles. The van der Waals surface area contributed by atoms with Gasteiger partial charge in [-0.15, -0.1) is 0 Å². The molecule has 4 nitrogen and oxygen atoms in total. The summed E-state index contributed by atoms with van der Waals surface area (Å²) >= 11 is 0. The third kappa shape index (κ3) is 4.07. The fourth-order valence-corrected chi connectivity index (χ4v) is 2.34. The van der Waals surface area contributed by atoms with E-state index in [1.807, 2.05) is 0 Å². The number of hydrogen-bond donors (Lipinski definition) is 2. The van der Waals surface area contributed by atoms with Gasteiger partial charge in [-0.05, 0) is 19.5 Å². The van der Waals surface area contributed by atoms with E-state index in [1.54, 1.807) is 0 Å². The molecule has 0 spiro atoms. The highest BCUT2D eigenvalue weighted by atomic mass is 15.2. The molecule has 0 atom stereocenters. The van der Waals surface area contributed by atoms with Gasteiger partial charge in [0.25, 0.3) is 0 Å². The molecule has 0 radical (unpaired) electrons. The van der Waals surface area contributed by atoms with Crippen LogP contribution in [0.1, 0.15) is 6.42 Å². The Morgan fingerprint density at radius 3 is 1.87 bits per heavy atom. The van der Waals surface area contributed by atoms with Crippen molar-refractivity contribution in [2.75, 3.05) is 65.4 Å². The van der Waals surface area contributed by atoms with Crippen LogP contribution in [0.4, 0.5) is 0 Å². The fraction of sp³-hybridized carbons (Fsp3) is 1.00. The molecule has 88 valence electrons. The summed E-state index contributed by atoms with van der Waals surface area (Å²) < 4.78 is 0. The zero-order chi connectivity index (χ0) is 10.3. The quantitative estimate of drug-likeness (QED) is 0.640. The molecule has 2 aliphatic heterocycles. The molecule has 0 unspecified atom stereocenters. The Balaban J connectivity index is 1.62. The van der Waals surface area contributed by atoms with Crippen LogP contribution in [0.3, 0.4) is 0 Å². The predicted octanol–water partition coefficient (Wildman–Crippen LogP) is -0.813. The van der Waals surface area contributed by atoms with Crippen LogP contribution in [-0.2, 0) is 0 Å². The summed E-state index contributed by atoms with van der Waals surface area (Å²) in [6, 6.07) is 0. The first-order chi connectivity index (χ1) is 7.45. The molecule has 0 aromatic rings. The van der Waals surface area contributed by atoms with Crippen molar-refractivity contribution in [1.82, 2.24) is 20.4 Å². The fourth-order valence-electron chi connectivity index (χ4n) is 2.34. The maximum atomic E-state index is 3.45. The molecule has 0 aliphatic carbocycles. The maximum Gasteiger partial charge on any atom is 0.0110 e. The highest BCUT2D eigenvalue weighted by Crippen LogP contribution is 1.97. The van der Waals surface area contributed by atoms with Gasteiger partial charge in [0.1, 0.15) is 0 Å².